The third kappa shape index (κ3) is 4.61. The van der Waals surface area contributed by atoms with Gasteiger partial charge in [0, 0.05) is 7.11 Å². The molecule has 0 amide bonds. The van der Waals surface area contributed by atoms with Crippen molar-refractivity contribution < 1.29 is 22.7 Å². The molecule has 18 heavy (non-hydrogen) atoms. The summed E-state index contributed by atoms with van der Waals surface area (Å²) in [7, 11) is -2.15. The fourth-order valence-electron chi connectivity index (χ4n) is 1.17. The number of nitrogens with one attached hydrogen (secondary N) is 1. The van der Waals surface area contributed by atoms with Crippen LogP contribution < -0.4 is 9.62 Å². The van der Waals surface area contributed by atoms with E-state index in [0.717, 1.165) is 0 Å². The fraction of sp³-hybridized carbons (Fsp3) is 0.455. The molecule has 0 spiro atoms. The Morgan fingerprint density at radius 1 is 1.17 bits per heavy atom. The highest BCUT2D eigenvalue weighted by Gasteiger charge is 2.13. The maximum atomic E-state index is 11.7. The first-order valence-corrected chi connectivity index (χ1v) is 6.94. The monoisotopic (exact) mass is 275 g/mol. The Morgan fingerprint density at radius 2 is 1.83 bits per heavy atom. The molecule has 0 aromatic heterocycles. The summed E-state index contributed by atoms with van der Waals surface area (Å²) in [5.41, 5.74) is 0. The number of methoxy groups -OCH3 is 1. The van der Waals surface area contributed by atoms with Gasteiger partial charge in [0.1, 0.15) is 5.75 Å². The molecule has 0 saturated carbocycles. The lowest BCUT2D eigenvalue weighted by Crippen LogP contribution is -2.25. The van der Waals surface area contributed by atoms with Gasteiger partial charge in [0.2, 0.25) is 0 Å². The van der Waals surface area contributed by atoms with Crippen molar-refractivity contribution in [1.82, 2.24) is 4.89 Å². The van der Waals surface area contributed by atoms with E-state index < -0.39 is 10.0 Å². The highest BCUT2D eigenvalue weighted by Crippen LogP contribution is 2.15. The van der Waals surface area contributed by atoms with Gasteiger partial charge in [0.25, 0.3) is 10.0 Å². The molecule has 102 valence electrons. The Labute approximate surface area is 107 Å². The predicted molar refractivity (Wildman–Crippen MR) is 65.8 cm³/mol. The molecule has 0 saturated heterocycles. The van der Waals surface area contributed by atoms with Crippen LogP contribution in [0.3, 0.4) is 0 Å². The van der Waals surface area contributed by atoms with Gasteiger partial charge in [0.15, 0.2) is 0 Å². The van der Waals surface area contributed by atoms with E-state index >= 15 is 0 Å². The van der Waals surface area contributed by atoms with Crippen LogP contribution in [-0.4, -0.2) is 35.3 Å². The van der Waals surface area contributed by atoms with Gasteiger partial charge < -0.3 is 9.47 Å². The lowest BCUT2D eigenvalue weighted by molar-refractivity contribution is 0.0438. The van der Waals surface area contributed by atoms with Gasteiger partial charge in [0.05, 0.1) is 24.7 Å². The highest BCUT2D eigenvalue weighted by molar-refractivity contribution is 7.89. The van der Waals surface area contributed by atoms with Crippen LogP contribution in [0.2, 0.25) is 0 Å². The van der Waals surface area contributed by atoms with Crippen LogP contribution in [0.1, 0.15) is 6.92 Å². The molecule has 0 heterocycles. The summed E-state index contributed by atoms with van der Waals surface area (Å²) >= 11 is 0. The first-order valence-electron chi connectivity index (χ1n) is 5.45. The zero-order valence-electron chi connectivity index (χ0n) is 10.4. The number of rotatable bonds is 8. The van der Waals surface area contributed by atoms with Crippen LogP contribution in [0.15, 0.2) is 29.2 Å². The van der Waals surface area contributed by atoms with Gasteiger partial charge in [-0.15, -0.1) is 0 Å². The van der Waals surface area contributed by atoms with Crippen molar-refractivity contribution in [2.24, 2.45) is 0 Å². The summed E-state index contributed by atoms with van der Waals surface area (Å²) in [6.45, 7) is 2.85. The average Bonchev–Trinajstić information content (AvgIpc) is 2.36. The van der Waals surface area contributed by atoms with E-state index in [2.05, 4.69) is 0 Å². The molecule has 1 rings (SSSR count). The minimum Gasteiger partial charge on any atom is -0.494 e. The molecule has 0 fully saturated rings. The first-order chi connectivity index (χ1) is 8.60. The summed E-state index contributed by atoms with van der Waals surface area (Å²) in [4.78, 5) is 6.90. The molecule has 0 bridgehead atoms. The molecule has 0 aliphatic heterocycles. The minimum atomic E-state index is -3.66. The summed E-state index contributed by atoms with van der Waals surface area (Å²) in [5.74, 6) is 0.622. The molecule has 7 heteroatoms. The zero-order chi connectivity index (χ0) is 13.4. The first kappa shape index (κ1) is 14.9. The van der Waals surface area contributed by atoms with E-state index in [0.29, 0.717) is 19.0 Å². The molecule has 1 aromatic rings. The largest absolute Gasteiger partial charge is 0.494 e. The van der Waals surface area contributed by atoms with Gasteiger partial charge in [-0.1, -0.05) is 4.89 Å². The second-order valence-corrected chi connectivity index (χ2v) is 4.98. The Balaban J connectivity index is 2.61. The van der Waals surface area contributed by atoms with Crippen molar-refractivity contribution in [2.75, 3.05) is 26.9 Å². The van der Waals surface area contributed by atoms with Crippen molar-refractivity contribution in [3.8, 4) is 5.75 Å². The average molecular weight is 275 g/mol. The Bertz CT molecular complexity index is 443. The summed E-state index contributed by atoms with van der Waals surface area (Å²) < 4.78 is 33.4. The van der Waals surface area contributed by atoms with Crippen LogP contribution in [0.25, 0.3) is 0 Å². The lowest BCUT2D eigenvalue weighted by Gasteiger charge is -2.08. The van der Waals surface area contributed by atoms with Crippen molar-refractivity contribution in [2.45, 2.75) is 11.8 Å². The van der Waals surface area contributed by atoms with Crippen molar-refractivity contribution in [3.63, 3.8) is 0 Å². The van der Waals surface area contributed by atoms with Gasteiger partial charge in [-0.25, -0.2) is 8.42 Å². The molecule has 0 radical (unpaired) electrons. The van der Waals surface area contributed by atoms with Crippen molar-refractivity contribution >= 4 is 10.0 Å². The quantitative estimate of drug-likeness (QED) is 0.564. The van der Waals surface area contributed by atoms with E-state index in [9.17, 15) is 8.42 Å². The standard InChI is InChI=1S/C11H17NO5S/c1-3-16-10-4-6-11(7-5-10)18(13,14)12-17-9-8-15-2/h4-7,12H,3,8-9H2,1-2H3. The smallest absolute Gasteiger partial charge is 0.262 e. The molecule has 6 nitrogen and oxygen atoms in total. The zero-order valence-corrected chi connectivity index (χ0v) is 11.2. The number of ether oxygens (including phenoxy) is 2. The van der Waals surface area contributed by atoms with Crippen molar-refractivity contribution in [3.05, 3.63) is 24.3 Å². The molecule has 0 aliphatic rings. The Kier molecular flexibility index (Phi) is 6.06. The maximum Gasteiger partial charge on any atom is 0.262 e. The topological polar surface area (TPSA) is 73.9 Å². The van der Waals surface area contributed by atoms with E-state index in [1.165, 1.54) is 19.2 Å². The fourth-order valence-corrected chi connectivity index (χ4v) is 2.00. The molecule has 0 unspecified atom stereocenters. The number of benzene rings is 1. The molecule has 1 aromatic carbocycles. The molecule has 1 N–H and O–H groups in total. The summed E-state index contributed by atoms with van der Waals surface area (Å²) in [5, 5.41) is 0. The molecule has 0 aliphatic carbocycles. The van der Waals surface area contributed by atoms with Crippen molar-refractivity contribution in [1.29, 1.82) is 0 Å². The molecule has 0 atom stereocenters. The molecular weight excluding hydrogens is 258 g/mol. The third-order valence-electron chi connectivity index (χ3n) is 2.00. The summed E-state index contributed by atoms with van der Waals surface area (Å²) in [6.07, 6.45) is 0. The van der Waals surface area contributed by atoms with E-state index in [1.807, 2.05) is 11.8 Å². The van der Waals surface area contributed by atoms with Crippen LogP contribution in [0, 0.1) is 0 Å². The Morgan fingerprint density at radius 3 is 2.39 bits per heavy atom. The summed E-state index contributed by atoms with van der Waals surface area (Å²) in [6, 6.07) is 6.08. The van der Waals surface area contributed by atoms with E-state index in [1.54, 1.807) is 12.1 Å². The number of hydrogen-bond acceptors (Lipinski definition) is 5. The normalized spacial score (nSPS) is 11.4. The Hall–Kier alpha value is -1.15. The van der Waals surface area contributed by atoms with Crippen LogP contribution in [0.4, 0.5) is 0 Å². The highest BCUT2D eigenvalue weighted by atomic mass is 32.2. The molecular formula is C11H17NO5S. The van der Waals surface area contributed by atoms with Gasteiger partial charge in [-0.2, -0.15) is 0 Å². The van der Waals surface area contributed by atoms with Gasteiger partial charge in [-0.3, -0.25) is 4.84 Å². The van der Waals surface area contributed by atoms with E-state index in [4.69, 9.17) is 14.3 Å². The number of hydrogen-bond donors (Lipinski definition) is 1. The minimum absolute atomic E-state index is 0.114. The SMILES string of the molecule is CCOc1ccc(S(=O)(=O)NOCCOC)cc1. The predicted octanol–water partition coefficient (Wildman–Crippen LogP) is 0.942. The lowest BCUT2D eigenvalue weighted by atomic mass is 10.3. The second kappa shape index (κ2) is 7.32. The number of sulfonamides is 1. The maximum absolute atomic E-state index is 11.7. The second-order valence-electron chi connectivity index (χ2n) is 3.33. The van der Waals surface area contributed by atoms with Crippen LogP contribution in [-0.2, 0) is 19.6 Å². The van der Waals surface area contributed by atoms with Crippen LogP contribution in [0.5, 0.6) is 5.75 Å². The van der Waals surface area contributed by atoms with Gasteiger partial charge in [-0.05, 0) is 31.2 Å². The van der Waals surface area contributed by atoms with E-state index in [-0.39, 0.29) is 11.5 Å². The van der Waals surface area contributed by atoms with Crippen LogP contribution >= 0.6 is 0 Å². The third-order valence-corrected chi connectivity index (χ3v) is 3.23. The van der Waals surface area contributed by atoms with Gasteiger partial charge >= 0.3 is 0 Å².